The van der Waals surface area contributed by atoms with E-state index in [9.17, 15) is 5.26 Å². The summed E-state index contributed by atoms with van der Waals surface area (Å²) in [5.74, 6) is 0. The van der Waals surface area contributed by atoms with E-state index in [4.69, 9.17) is 11.6 Å². The average molecular weight is 404 g/mol. The van der Waals surface area contributed by atoms with Crippen LogP contribution in [-0.4, -0.2) is 0 Å². The molecule has 1 aromatic heterocycles. The zero-order chi connectivity index (χ0) is 18.6. The molecule has 0 radical (unpaired) electrons. The van der Waals surface area contributed by atoms with E-state index in [2.05, 4.69) is 42.5 Å². The Morgan fingerprint density at radius 3 is 2.48 bits per heavy atom. The standard InChI is InChI=1S/C23H14ClNS2/c24-20-7-9-21(10-8-20)26-23-12-11-22(27-23)14-19(15-25)18-6-5-16-3-1-2-4-17(16)13-18/h1-14H/b19-14-. The minimum atomic E-state index is 0.672. The van der Waals surface area contributed by atoms with E-state index in [1.165, 1.54) is 9.60 Å². The quantitative estimate of drug-likeness (QED) is 0.325. The molecule has 0 aliphatic carbocycles. The van der Waals surface area contributed by atoms with Crippen LogP contribution >= 0.6 is 34.7 Å². The Balaban J connectivity index is 1.60. The lowest BCUT2D eigenvalue weighted by Gasteiger charge is -2.02. The Bertz CT molecular complexity index is 1170. The predicted molar refractivity (Wildman–Crippen MR) is 117 cm³/mol. The summed E-state index contributed by atoms with van der Waals surface area (Å²) < 4.78 is 1.18. The topological polar surface area (TPSA) is 23.8 Å². The van der Waals surface area contributed by atoms with Crippen molar-refractivity contribution >= 4 is 57.1 Å². The minimum absolute atomic E-state index is 0.672. The van der Waals surface area contributed by atoms with Crippen molar-refractivity contribution in [2.45, 2.75) is 9.10 Å². The van der Waals surface area contributed by atoms with Crippen molar-refractivity contribution in [3.05, 3.63) is 94.3 Å². The Kier molecular flexibility index (Phi) is 5.31. The molecule has 4 heteroatoms. The van der Waals surface area contributed by atoms with Crippen molar-refractivity contribution in [3.8, 4) is 6.07 Å². The van der Waals surface area contributed by atoms with Crippen molar-refractivity contribution in [1.82, 2.24) is 0 Å². The number of benzene rings is 3. The second-order valence-corrected chi connectivity index (χ2v) is 8.87. The molecule has 130 valence electrons. The van der Waals surface area contributed by atoms with Crippen molar-refractivity contribution in [1.29, 1.82) is 5.26 Å². The average Bonchev–Trinajstić information content (AvgIpc) is 3.14. The number of nitrogens with zero attached hydrogens (tertiary/aromatic N) is 1. The Morgan fingerprint density at radius 1 is 0.926 bits per heavy atom. The molecule has 0 amide bonds. The third kappa shape index (κ3) is 4.26. The largest absolute Gasteiger partial charge is 0.192 e. The number of halogens is 1. The van der Waals surface area contributed by atoms with Crippen LogP contribution < -0.4 is 0 Å². The van der Waals surface area contributed by atoms with E-state index in [0.717, 1.165) is 25.7 Å². The van der Waals surface area contributed by atoms with E-state index in [1.807, 2.05) is 48.5 Å². The lowest BCUT2D eigenvalue weighted by molar-refractivity contribution is 1.46. The number of thiophene rings is 1. The number of allylic oxidation sites excluding steroid dienone is 1. The molecule has 0 aliphatic heterocycles. The Hall–Kier alpha value is -2.51. The van der Waals surface area contributed by atoms with Crippen molar-refractivity contribution in [3.63, 3.8) is 0 Å². The molecule has 0 saturated carbocycles. The van der Waals surface area contributed by atoms with Gasteiger partial charge in [-0.2, -0.15) is 5.26 Å². The third-order valence-electron chi connectivity index (χ3n) is 4.10. The van der Waals surface area contributed by atoms with Crippen LogP contribution in [0.25, 0.3) is 22.4 Å². The van der Waals surface area contributed by atoms with E-state index in [-0.39, 0.29) is 0 Å². The first-order chi connectivity index (χ1) is 13.2. The fourth-order valence-corrected chi connectivity index (χ4v) is 4.96. The number of fused-ring (bicyclic) bond motifs is 1. The number of rotatable bonds is 4. The molecule has 0 atom stereocenters. The van der Waals surface area contributed by atoms with Gasteiger partial charge in [-0.15, -0.1) is 11.3 Å². The summed E-state index contributed by atoms with van der Waals surface area (Å²) in [6.07, 6.45) is 1.96. The molecule has 0 unspecified atom stereocenters. The maximum Gasteiger partial charge on any atom is 0.0998 e. The lowest BCUT2D eigenvalue weighted by Crippen LogP contribution is -1.82. The van der Waals surface area contributed by atoms with Crippen LogP contribution in [0, 0.1) is 11.3 Å². The molecule has 4 rings (SSSR count). The molecule has 4 aromatic rings. The summed E-state index contributed by atoms with van der Waals surface area (Å²) in [6.45, 7) is 0. The molecule has 0 bridgehead atoms. The molecular weight excluding hydrogens is 390 g/mol. The van der Waals surface area contributed by atoms with Gasteiger partial charge < -0.3 is 0 Å². The summed E-state index contributed by atoms with van der Waals surface area (Å²) in [5, 5.41) is 12.7. The van der Waals surface area contributed by atoms with Crippen LogP contribution in [-0.2, 0) is 0 Å². The van der Waals surface area contributed by atoms with Crippen LogP contribution in [0.3, 0.4) is 0 Å². The van der Waals surface area contributed by atoms with Crippen molar-refractivity contribution in [2.75, 3.05) is 0 Å². The van der Waals surface area contributed by atoms with Crippen LogP contribution in [0.5, 0.6) is 0 Å². The fourth-order valence-electron chi connectivity index (χ4n) is 2.76. The second-order valence-electron chi connectivity index (χ2n) is 5.94. The van der Waals surface area contributed by atoms with E-state index in [1.54, 1.807) is 23.1 Å². The van der Waals surface area contributed by atoms with Gasteiger partial charge in [-0.05, 0) is 64.9 Å². The smallest absolute Gasteiger partial charge is 0.0998 e. The van der Waals surface area contributed by atoms with Crippen LogP contribution in [0.15, 0.2) is 88.0 Å². The molecule has 0 N–H and O–H groups in total. The molecule has 0 fully saturated rings. The zero-order valence-corrected chi connectivity index (χ0v) is 16.6. The Labute approximate surface area is 171 Å². The van der Waals surface area contributed by atoms with Gasteiger partial charge in [-0.3, -0.25) is 0 Å². The summed E-state index contributed by atoms with van der Waals surface area (Å²) in [4.78, 5) is 2.21. The van der Waals surface area contributed by atoms with Crippen molar-refractivity contribution in [2.24, 2.45) is 0 Å². The normalized spacial score (nSPS) is 11.5. The van der Waals surface area contributed by atoms with Gasteiger partial charge in [0.05, 0.1) is 15.9 Å². The van der Waals surface area contributed by atoms with E-state index >= 15 is 0 Å². The van der Waals surface area contributed by atoms with Crippen LogP contribution in [0.1, 0.15) is 10.4 Å². The first kappa shape index (κ1) is 17.9. The maximum absolute atomic E-state index is 9.65. The summed E-state index contributed by atoms with van der Waals surface area (Å²) in [7, 11) is 0. The highest BCUT2D eigenvalue weighted by atomic mass is 35.5. The van der Waals surface area contributed by atoms with Gasteiger partial charge in [0.1, 0.15) is 0 Å². The summed E-state index contributed by atoms with van der Waals surface area (Å²) in [5.41, 5.74) is 1.61. The maximum atomic E-state index is 9.65. The molecule has 0 aliphatic rings. The SMILES string of the molecule is N#C/C(=C/c1ccc(Sc2ccc(Cl)cc2)s1)c1ccc2ccccc2c1. The number of nitriles is 1. The number of hydrogen-bond acceptors (Lipinski definition) is 3. The van der Waals surface area contributed by atoms with Gasteiger partial charge >= 0.3 is 0 Å². The zero-order valence-electron chi connectivity index (χ0n) is 14.2. The summed E-state index contributed by atoms with van der Waals surface area (Å²) >= 11 is 9.32. The molecule has 0 saturated heterocycles. The van der Waals surface area contributed by atoms with Gasteiger partial charge in [0, 0.05) is 14.8 Å². The molecule has 27 heavy (non-hydrogen) atoms. The molecular formula is C23H14ClNS2. The third-order valence-corrected chi connectivity index (χ3v) is 6.53. The molecule has 1 heterocycles. The highest BCUT2D eigenvalue weighted by Gasteiger charge is 2.06. The first-order valence-electron chi connectivity index (χ1n) is 8.35. The van der Waals surface area contributed by atoms with Crippen LogP contribution in [0.2, 0.25) is 5.02 Å². The highest BCUT2D eigenvalue weighted by Crippen LogP contribution is 2.35. The highest BCUT2D eigenvalue weighted by molar-refractivity contribution is 8.01. The van der Waals surface area contributed by atoms with E-state index < -0.39 is 0 Å². The fraction of sp³-hybridized carbons (Fsp3) is 0. The Morgan fingerprint density at radius 2 is 1.70 bits per heavy atom. The summed E-state index contributed by atoms with van der Waals surface area (Å²) in [6, 6.07) is 28.6. The minimum Gasteiger partial charge on any atom is -0.192 e. The van der Waals surface area contributed by atoms with E-state index in [0.29, 0.717) is 5.57 Å². The van der Waals surface area contributed by atoms with Gasteiger partial charge in [-0.1, -0.05) is 59.8 Å². The van der Waals surface area contributed by atoms with Gasteiger partial charge in [0.25, 0.3) is 0 Å². The molecule has 1 nitrogen and oxygen atoms in total. The monoisotopic (exact) mass is 403 g/mol. The lowest BCUT2D eigenvalue weighted by atomic mass is 10.0. The first-order valence-corrected chi connectivity index (χ1v) is 10.4. The molecule has 0 spiro atoms. The predicted octanol–water partition coefficient (Wildman–Crippen LogP) is 7.77. The number of hydrogen-bond donors (Lipinski definition) is 0. The van der Waals surface area contributed by atoms with Gasteiger partial charge in [-0.25, -0.2) is 0 Å². The van der Waals surface area contributed by atoms with Crippen molar-refractivity contribution < 1.29 is 0 Å². The molecule has 3 aromatic carbocycles. The second kappa shape index (κ2) is 8.02. The van der Waals surface area contributed by atoms with Crippen LogP contribution in [0.4, 0.5) is 0 Å². The van der Waals surface area contributed by atoms with Gasteiger partial charge in [0.15, 0.2) is 0 Å². The van der Waals surface area contributed by atoms with Gasteiger partial charge in [0.2, 0.25) is 0 Å².